The summed E-state index contributed by atoms with van der Waals surface area (Å²) >= 11 is 0. The number of benzene rings is 4. The van der Waals surface area contributed by atoms with Crippen molar-refractivity contribution in [2.75, 3.05) is 13.2 Å². The first kappa shape index (κ1) is 21.9. The Kier molecular flexibility index (Phi) is 5.47. The highest BCUT2D eigenvalue weighted by Gasteiger charge is 2.26. The molecule has 0 bridgehead atoms. The number of fused-ring (bicyclic) bond motifs is 3. The molecule has 0 unspecified atom stereocenters. The van der Waals surface area contributed by atoms with Crippen molar-refractivity contribution < 1.29 is 13.9 Å². The lowest BCUT2D eigenvalue weighted by Gasteiger charge is -2.04. The SMILES string of the molecule is c1ccc(C[C@@H]2COC(c3cccc4c3oc3c(C5=N[C@H](Cc6ccccc6)CO5)cccc34)=N2)cc1. The van der Waals surface area contributed by atoms with Crippen LogP contribution in [0.15, 0.2) is 111 Å². The maximum atomic E-state index is 6.52. The van der Waals surface area contributed by atoms with E-state index < -0.39 is 0 Å². The number of para-hydroxylation sites is 2. The molecular formula is C32H26N2O3. The molecule has 2 atom stereocenters. The van der Waals surface area contributed by atoms with Gasteiger partial charge in [-0.3, -0.25) is 0 Å². The van der Waals surface area contributed by atoms with E-state index in [9.17, 15) is 0 Å². The molecule has 1 aromatic heterocycles. The first-order valence-corrected chi connectivity index (χ1v) is 12.8. The summed E-state index contributed by atoms with van der Waals surface area (Å²) in [6.07, 6.45) is 1.71. The van der Waals surface area contributed by atoms with Crippen LogP contribution in [0.3, 0.4) is 0 Å². The van der Waals surface area contributed by atoms with Crippen LogP contribution >= 0.6 is 0 Å². The molecule has 0 aliphatic carbocycles. The molecule has 5 aromatic rings. The van der Waals surface area contributed by atoms with Crippen LogP contribution < -0.4 is 0 Å². The van der Waals surface area contributed by atoms with Crippen molar-refractivity contribution in [1.29, 1.82) is 0 Å². The fourth-order valence-corrected chi connectivity index (χ4v) is 5.26. The Hall–Kier alpha value is -4.38. The summed E-state index contributed by atoms with van der Waals surface area (Å²) in [4.78, 5) is 9.82. The quantitative estimate of drug-likeness (QED) is 0.281. The predicted molar refractivity (Wildman–Crippen MR) is 147 cm³/mol. The number of hydrogen-bond donors (Lipinski definition) is 0. The van der Waals surface area contributed by atoms with Gasteiger partial charge < -0.3 is 13.9 Å². The molecule has 2 aliphatic heterocycles. The van der Waals surface area contributed by atoms with Gasteiger partial charge in [0.15, 0.2) is 0 Å². The van der Waals surface area contributed by atoms with Gasteiger partial charge in [-0.1, -0.05) is 84.9 Å². The molecule has 3 heterocycles. The van der Waals surface area contributed by atoms with E-state index in [0.29, 0.717) is 25.0 Å². The van der Waals surface area contributed by atoms with Gasteiger partial charge in [-0.25, -0.2) is 9.98 Å². The molecule has 7 rings (SSSR count). The largest absolute Gasteiger partial charge is 0.475 e. The van der Waals surface area contributed by atoms with Gasteiger partial charge >= 0.3 is 0 Å². The summed E-state index contributed by atoms with van der Waals surface area (Å²) in [5.74, 6) is 1.29. The summed E-state index contributed by atoms with van der Waals surface area (Å²) in [6, 6.07) is 33.3. The minimum Gasteiger partial charge on any atom is -0.475 e. The Balaban J connectivity index is 1.22. The average Bonchev–Trinajstić information content (AvgIpc) is 3.68. The van der Waals surface area contributed by atoms with Crippen LogP contribution in [0, 0.1) is 0 Å². The molecule has 2 aliphatic rings. The maximum absolute atomic E-state index is 6.52. The summed E-state index contributed by atoms with van der Waals surface area (Å²) in [5.41, 5.74) is 5.84. The molecule has 0 spiro atoms. The van der Waals surface area contributed by atoms with Crippen LogP contribution in [0.2, 0.25) is 0 Å². The zero-order valence-corrected chi connectivity index (χ0v) is 20.3. The van der Waals surface area contributed by atoms with E-state index in [1.807, 2.05) is 36.4 Å². The normalized spacial score (nSPS) is 19.0. The molecule has 0 saturated carbocycles. The summed E-state index contributed by atoms with van der Waals surface area (Å²) < 4.78 is 18.7. The summed E-state index contributed by atoms with van der Waals surface area (Å²) in [5, 5.41) is 2.07. The highest BCUT2D eigenvalue weighted by Crippen LogP contribution is 2.35. The third kappa shape index (κ3) is 4.16. The van der Waals surface area contributed by atoms with E-state index in [0.717, 1.165) is 45.9 Å². The fourth-order valence-electron chi connectivity index (χ4n) is 5.26. The second-order valence-electron chi connectivity index (χ2n) is 9.64. The highest BCUT2D eigenvalue weighted by atomic mass is 16.5. The van der Waals surface area contributed by atoms with E-state index in [1.165, 1.54) is 11.1 Å². The molecule has 0 saturated heterocycles. The number of hydrogen-bond acceptors (Lipinski definition) is 5. The molecule has 4 aromatic carbocycles. The van der Waals surface area contributed by atoms with Gasteiger partial charge in [-0.15, -0.1) is 0 Å². The lowest BCUT2D eigenvalue weighted by molar-refractivity contribution is 0.316. The molecule has 0 fully saturated rings. The fraction of sp³-hybridized carbons (Fsp3) is 0.188. The highest BCUT2D eigenvalue weighted by molar-refractivity contribution is 6.17. The van der Waals surface area contributed by atoms with Gasteiger partial charge in [0.2, 0.25) is 11.8 Å². The number of nitrogens with zero attached hydrogens (tertiary/aromatic N) is 2. The number of furan rings is 1. The van der Waals surface area contributed by atoms with Gasteiger partial charge in [0, 0.05) is 10.8 Å². The smallest absolute Gasteiger partial charge is 0.220 e. The van der Waals surface area contributed by atoms with Crippen molar-refractivity contribution in [3.05, 3.63) is 119 Å². The van der Waals surface area contributed by atoms with Crippen molar-refractivity contribution >= 4 is 33.7 Å². The second kappa shape index (κ2) is 9.25. The van der Waals surface area contributed by atoms with Crippen LogP contribution in [-0.2, 0) is 22.3 Å². The first-order chi connectivity index (χ1) is 18.3. The standard InChI is InChI=1S/C32H26N2O3/c1-3-9-21(10-4-1)17-23-19-35-31(33-23)27-15-7-13-25-26-14-8-16-28(30(26)37-29(25)27)32-34-24(20-36-32)18-22-11-5-2-6-12-22/h1-16,23-24H,17-20H2/t23-,24-/m1/s1. The third-order valence-corrected chi connectivity index (χ3v) is 7.04. The number of rotatable bonds is 6. The van der Waals surface area contributed by atoms with Crippen molar-refractivity contribution in [3.8, 4) is 0 Å². The zero-order chi connectivity index (χ0) is 24.6. The Morgan fingerprint density at radius 3 is 1.46 bits per heavy atom. The minimum absolute atomic E-state index is 0.0930. The van der Waals surface area contributed by atoms with Gasteiger partial charge in [0.1, 0.15) is 24.4 Å². The van der Waals surface area contributed by atoms with E-state index in [2.05, 4.69) is 60.7 Å². The molecule has 0 N–H and O–H groups in total. The van der Waals surface area contributed by atoms with Crippen molar-refractivity contribution in [2.45, 2.75) is 24.9 Å². The molecular weight excluding hydrogens is 460 g/mol. The van der Waals surface area contributed by atoms with E-state index in [1.54, 1.807) is 0 Å². The van der Waals surface area contributed by atoms with E-state index in [-0.39, 0.29) is 12.1 Å². The van der Waals surface area contributed by atoms with Gasteiger partial charge in [0.25, 0.3) is 0 Å². The van der Waals surface area contributed by atoms with Crippen molar-refractivity contribution in [1.82, 2.24) is 0 Å². The molecule has 182 valence electrons. The zero-order valence-electron chi connectivity index (χ0n) is 20.3. The predicted octanol–water partition coefficient (Wildman–Crippen LogP) is 6.36. The summed E-state index contributed by atoms with van der Waals surface area (Å²) in [6.45, 7) is 1.14. The lowest BCUT2D eigenvalue weighted by Crippen LogP contribution is -2.09. The molecule has 37 heavy (non-hydrogen) atoms. The van der Waals surface area contributed by atoms with Crippen LogP contribution in [0.1, 0.15) is 22.3 Å². The van der Waals surface area contributed by atoms with Crippen LogP contribution in [0.5, 0.6) is 0 Å². The topological polar surface area (TPSA) is 56.3 Å². The molecule has 5 heteroatoms. The Morgan fingerprint density at radius 1 is 0.541 bits per heavy atom. The van der Waals surface area contributed by atoms with Crippen molar-refractivity contribution in [2.24, 2.45) is 9.98 Å². The number of aliphatic imine (C=N–C) groups is 2. The van der Waals surface area contributed by atoms with Gasteiger partial charge in [-0.05, 0) is 36.1 Å². The Morgan fingerprint density at radius 2 is 1.00 bits per heavy atom. The van der Waals surface area contributed by atoms with Crippen LogP contribution in [-0.4, -0.2) is 37.1 Å². The monoisotopic (exact) mass is 486 g/mol. The lowest BCUT2D eigenvalue weighted by atomic mass is 10.1. The maximum Gasteiger partial charge on any atom is 0.220 e. The van der Waals surface area contributed by atoms with E-state index in [4.69, 9.17) is 23.9 Å². The van der Waals surface area contributed by atoms with Gasteiger partial charge in [-0.2, -0.15) is 0 Å². The minimum atomic E-state index is 0.0930. The Bertz CT molecular complexity index is 1520. The van der Waals surface area contributed by atoms with Gasteiger partial charge in [0.05, 0.1) is 23.2 Å². The van der Waals surface area contributed by atoms with Crippen LogP contribution in [0.4, 0.5) is 0 Å². The molecule has 5 nitrogen and oxygen atoms in total. The molecule has 0 amide bonds. The second-order valence-corrected chi connectivity index (χ2v) is 9.64. The first-order valence-electron chi connectivity index (χ1n) is 12.8. The van der Waals surface area contributed by atoms with Crippen molar-refractivity contribution in [3.63, 3.8) is 0 Å². The molecule has 0 radical (unpaired) electrons. The average molecular weight is 487 g/mol. The summed E-state index contributed by atoms with van der Waals surface area (Å²) in [7, 11) is 0. The third-order valence-electron chi connectivity index (χ3n) is 7.04. The van der Waals surface area contributed by atoms with E-state index >= 15 is 0 Å². The number of ether oxygens (including phenoxy) is 2. The van der Waals surface area contributed by atoms with Crippen LogP contribution in [0.25, 0.3) is 21.9 Å². The Labute approximate surface area is 215 Å².